The lowest BCUT2D eigenvalue weighted by atomic mass is 9.96. The molecule has 5 rings (SSSR count). The van der Waals surface area contributed by atoms with Crippen molar-refractivity contribution < 1.29 is 9.18 Å². The molecular weight excluding hydrogens is 415 g/mol. The molecule has 4 aromatic rings. The molecule has 0 bridgehead atoms. The van der Waals surface area contributed by atoms with E-state index in [-0.39, 0.29) is 23.2 Å². The summed E-state index contributed by atoms with van der Waals surface area (Å²) in [4.78, 5) is 28.1. The molecule has 1 aliphatic rings. The quantitative estimate of drug-likeness (QED) is 0.378. The van der Waals surface area contributed by atoms with Gasteiger partial charge in [-0.25, -0.2) is 4.39 Å². The minimum absolute atomic E-state index is 0.0441. The summed E-state index contributed by atoms with van der Waals surface area (Å²) in [6.45, 7) is 4.67. The molecule has 3 aromatic carbocycles. The van der Waals surface area contributed by atoms with Crippen LogP contribution in [0, 0.1) is 12.7 Å². The van der Waals surface area contributed by atoms with Crippen LogP contribution in [0.25, 0.3) is 21.8 Å². The standard InChI is InChI=1S/C28H27FN2O2/c1-18-9-13-26-23(16-18)28(33)22-6-3-4-7-25(22)30(26)15-5-8-27(32)31-19(2)10-11-20-17-21(29)12-14-24(20)31/h3-4,6-7,9,12-14,16-17,19H,5,8,10-11,15H2,1-2H3/t19-/m1/s1. The van der Waals surface area contributed by atoms with Crippen LogP contribution in [-0.2, 0) is 17.8 Å². The smallest absolute Gasteiger partial charge is 0.227 e. The second-order valence-corrected chi connectivity index (χ2v) is 9.05. The highest BCUT2D eigenvalue weighted by Gasteiger charge is 2.28. The van der Waals surface area contributed by atoms with Crippen LogP contribution in [0.15, 0.2) is 65.5 Å². The average Bonchev–Trinajstić information content (AvgIpc) is 2.81. The van der Waals surface area contributed by atoms with Gasteiger partial charge in [-0.3, -0.25) is 9.59 Å². The topological polar surface area (TPSA) is 42.3 Å². The number of aromatic nitrogens is 1. The van der Waals surface area contributed by atoms with Crippen molar-refractivity contribution in [1.82, 2.24) is 4.57 Å². The maximum atomic E-state index is 13.7. The molecule has 1 aliphatic heterocycles. The Labute approximate surface area is 192 Å². The van der Waals surface area contributed by atoms with E-state index >= 15 is 0 Å². The Balaban J connectivity index is 1.44. The Bertz CT molecular complexity index is 1440. The third kappa shape index (κ3) is 3.82. The number of anilines is 1. The fourth-order valence-corrected chi connectivity index (χ4v) is 5.09. The van der Waals surface area contributed by atoms with Gasteiger partial charge in [0.05, 0.1) is 11.0 Å². The number of carbonyl (C=O) groups is 1. The predicted octanol–water partition coefficient (Wildman–Crippen LogP) is 5.75. The number of benzene rings is 3. The van der Waals surface area contributed by atoms with Crippen molar-refractivity contribution in [2.24, 2.45) is 0 Å². The number of hydrogen-bond donors (Lipinski definition) is 0. The van der Waals surface area contributed by atoms with E-state index in [1.54, 1.807) is 12.1 Å². The van der Waals surface area contributed by atoms with Gasteiger partial charge in [-0.1, -0.05) is 23.8 Å². The average molecular weight is 443 g/mol. The van der Waals surface area contributed by atoms with Crippen LogP contribution in [0.5, 0.6) is 0 Å². The third-order valence-corrected chi connectivity index (χ3v) is 6.74. The number of fused-ring (bicyclic) bond motifs is 3. The number of para-hydroxylation sites is 1. The third-order valence-electron chi connectivity index (χ3n) is 6.74. The minimum atomic E-state index is -0.261. The summed E-state index contributed by atoms with van der Waals surface area (Å²) in [5.74, 6) is -0.205. The first kappa shape index (κ1) is 21.4. The van der Waals surface area contributed by atoms with E-state index in [2.05, 4.69) is 11.5 Å². The zero-order chi connectivity index (χ0) is 23.1. The lowest BCUT2D eigenvalue weighted by molar-refractivity contribution is -0.119. The number of nitrogens with zero attached hydrogens (tertiary/aromatic N) is 2. The number of halogens is 1. The second kappa shape index (κ2) is 8.47. The molecule has 0 N–H and O–H groups in total. The number of rotatable bonds is 4. The molecule has 33 heavy (non-hydrogen) atoms. The lowest BCUT2D eigenvalue weighted by Crippen LogP contribution is -2.42. The Morgan fingerprint density at radius 2 is 1.82 bits per heavy atom. The van der Waals surface area contributed by atoms with Gasteiger partial charge in [0.1, 0.15) is 5.82 Å². The molecule has 0 saturated heterocycles. The fraction of sp³-hybridized carbons (Fsp3) is 0.286. The van der Waals surface area contributed by atoms with Crippen molar-refractivity contribution >= 4 is 33.4 Å². The van der Waals surface area contributed by atoms with E-state index in [4.69, 9.17) is 0 Å². The second-order valence-electron chi connectivity index (χ2n) is 9.05. The van der Waals surface area contributed by atoms with Gasteiger partial charge in [-0.05, 0) is 81.1 Å². The molecule has 0 saturated carbocycles. The zero-order valence-corrected chi connectivity index (χ0v) is 19.0. The Morgan fingerprint density at radius 1 is 1.03 bits per heavy atom. The Hall–Kier alpha value is -3.47. The minimum Gasteiger partial charge on any atom is -0.340 e. The van der Waals surface area contributed by atoms with E-state index in [0.717, 1.165) is 40.7 Å². The predicted molar refractivity (Wildman–Crippen MR) is 131 cm³/mol. The summed E-state index contributed by atoms with van der Waals surface area (Å²) in [7, 11) is 0. The molecule has 0 fully saturated rings. The van der Waals surface area contributed by atoms with Gasteiger partial charge < -0.3 is 9.47 Å². The molecule has 1 atom stereocenters. The van der Waals surface area contributed by atoms with Crippen LogP contribution >= 0.6 is 0 Å². The molecule has 4 nitrogen and oxygen atoms in total. The van der Waals surface area contributed by atoms with E-state index in [9.17, 15) is 14.0 Å². The number of amides is 1. The normalized spacial score (nSPS) is 15.7. The summed E-state index contributed by atoms with van der Waals surface area (Å²) in [6, 6.07) is 18.4. The molecule has 2 heterocycles. The van der Waals surface area contributed by atoms with Crippen LogP contribution in [-0.4, -0.2) is 16.5 Å². The van der Waals surface area contributed by atoms with Gasteiger partial charge in [0, 0.05) is 35.5 Å². The lowest BCUT2D eigenvalue weighted by Gasteiger charge is -2.35. The maximum Gasteiger partial charge on any atom is 0.227 e. The molecule has 0 radical (unpaired) electrons. The van der Waals surface area contributed by atoms with E-state index in [1.807, 2.05) is 54.3 Å². The van der Waals surface area contributed by atoms with E-state index in [0.29, 0.717) is 30.2 Å². The van der Waals surface area contributed by atoms with Crippen molar-refractivity contribution in [3.8, 4) is 0 Å². The van der Waals surface area contributed by atoms with Gasteiger partial charge in [0.15, 0.2) is 5.43 Å². The number of aryl methyl sites for hydroxylation is 3. The van der Waals surface area contributed by atoms with Crippen LogP contribution in [0.4, 0.5) is 10.1 Å². The summed E-state index contributed by atoms with van der Waals surface area (Å²) >= 11 is 0. The molecule has 0 unspecified atom stereocenters. The number of pyridine rings is 1. The van der Waals surface area contributed by atoms with Crippen LogP contribution < -0.4 is 10.3 Å². The Kier molecular flexibility index (Phi) is 5.49. The molecule has 168 valence electrons. The first-order valence-electron chi connectivity index (χ1n) is 11.6. The monoisotopic (exact) mass is 442 g/mol. The van der Waals surface area contributed by atoms with E-state index in [1.165, 1.54) is 6.07 Å². The van der Waals surface area contributed by atoms with Crippen molar-refractivity contribution in [2.45, 2.75) is 52.1 Å². The number of carbonyl (C=O) groups excluding carboxylic acids is 1. The zero-order valence-electron chi connectivity index (χ0n) is 19.0. The largest absolute Gasteiger partial charge is 0.340 e. The highest BCUT2D eigenvalue weighted by molar-refractivity contribution is 5.95. The summed E-state index contributed by atoms with van der Waals surface area (Å²) < 4.78 is 15.8. The van der Waals surface area contributed by atoms with Crippen molar-refractivity contribution in [2.75, 3.05) is 4.90 Å². The van der Waals surface area contributed by atoms with Crippen molar-refractivity contribution in [1.29, 1.82) is 0 Å². The SMILES string of the molecule is Cc1ccc2c(c1)c(=O)c1ccccc1n2CCCC(=O)N1c2ccc(F)cc2CC[C@H]1C. The van der Waals surface area contributed by atoms with Crippen LogP contribution in [0.2, 0.25) is 0 Å². The summed E-state index contributed by atoms with van der Waals surface area (Å²) in [5.41, 5.74) is 4.60. The van der Waals surface area contributed by atoms with Gasteiger partial charge >= 0.3 is 0 Å². The first-order chi connectivity index (χ1) is 15.9. The van der Waals surface area contributed by atoms with Crippen LogP contribution in [0.3, 0.4) is 0 Å². The van der Waals surface area contributed by atoms with E-state index < -0.39 is 0 Å². The highest BCUT2D eigenvalue weighted by atomic mass is 19.1. The highest BCUT2D eigenvalue weighted by Crippen LogP contribution is 2.32. The summed E-state index contributed by atoms with van der Waals surface area (Å²) in [5, 5.41) is 1.41. The molecule has 1 amide bonds. The Morgan fingerprint density at radius 3 is 2.67 bits per heavy atom. The summed E-state index contributed by atoms with van der Waals surface area (Å²) in [6.07, 6.45) is 2.65. The van der Waals surface area contributed by atoms with Gasteiger partial charge in [-0.15, -0.1) is 0 Å². The first-order valence-corrected chi connectivity index (χ1v) is 11.6. The fourth-order valence-electron chi connectivity index (χ4n) is 5.09. The molecule has 0 aliphatic carbocycles. The molecule has 1 aromatic heterocycles. The number of hydrogen-bond acceptors (Lipinski definition) is 2. The molecule has 5 heteroatoms. The van der Waals surface area contributed by atoms with Crippen LogP contribution in [0.1, 0.15) is 37.3 Å². The van der Waals surface area contributed by atoms with Gasteiger partial charge in [0.2, 0.25) is 5.91 Å². The van der Waals surface area contributed by atoms with Crippen molar-refractivity contribution in [3.63, 3.8) is 0 Å². The molecular formula is C28H27FN2O2. The van der Waals surface area contributed by atoms with Gasteiger partial charge in [-0.2, -0.15) is 0 Å². The molecule has 0 spiro atoms. The maximum absolute atomic E-state index is 13.7. The van der Waals surface area contributed by atoms with Gasteiger partial charge in [0.25, 0.3) is 0 Å². The van der Waals surface area contributed by atoms with Crippen molar-refractivity contribution in [3.05, 3.63) is 87.8 Å².